The summed E-state index contributed by atoms with van der Waals surface area (Å²) in [5.41, 5.74) is 6.02. The van der Waals surface area contributed by atoms with Gasteiger partial charge in [-0.3, -0.25) is 33.6 Å². The number of nitrogen functional groups attached to an aromatic ring is 1. The Morgan fingerprint density at radius 2 is 1.59 bits per heavy atom. The van der Waals surface area contributed by atoms with Gasteiger partial charge in [-0.05, 0) is 23.8 Å². The number of carbonyl (C=O) groups is 3. The summed E-state index contributed by atoms with van der Waals surface area (Å²) in [4.78, 5) is 61.0. The van der Waals surface area contributed by atoms with Crippen molar-refractivity contribution in [3.63, 3.8) is 0 Å². The first-order valence-electron chi connectivity index (χ1n) is 11.8. The van der Waals surface area contributed by atoms with E-state index in [4.69, 9.17) is 33.7 Å². The van der Waals surface area contributed by atoms with Gasteiger partial charge < -0.3 is 23.2 Å². The first-order valence-corrected chi connectivity index (χ1v) is 12.6. The number of methoxy groups -OCH3 is 1. The van der Waals surface area contributed by atoms with Gasteiger partial charge >= 0.3 is 68.9 Å². The van der Waals surface area contributed by atoms with E-state index in [1.54, 1.807) is 24.3 Å². The van der Waals surface area contributed by atoms with Crippen LogP contribution in [0.15, 0.2) is 66.0 Å². The van der Waals surface area contributed by atoms with E-state index < -0.39 is 35.8 Å². The second kappa shape index (κ2) is 16.5. The number of hydrogen-bond donors (Lipinski definition) is 2. The number of hydrogen-bond acceptors (Lipinski definition) is 8. The summed E-state index contributed by atoms with van der Waals surface area (Å²) in [6.45, 7) is -1.82. The summed E-state index contributed by atoms with van der Waals surface area (Å²) in [5.74, 6) is -1.66. The number of alkyl halides is 2. The van der Waals surface area contributed by atoms with Crippen LogP contribution >= 0.6 is 23.2 Å². The standard InChI is InChI=1S/C26H18Cl2N6O5.CH2F2.CH3.Cs/c1-39-15-7-18(27)21(19(28)8-15)34-12-31-22(29)20(26(34)38)23(35)32-14-6-13(9-30-10-14)11-33-24(36)16-4-2-3-5-17(16)25(33)37;2-1-3;;/h2-10,12H,11,29H2,1H3,(H,32,35);1H2;1H3;/q;;-1;+1. The largest absolute Gasteiger partial charge is 1.00 e. The molecule has 3 heterocycles. The second-order valence-corrected chi connectivity index (χ2v) is 9.31. The molecule has 0 saturated carbocycles. The van der Waals surface area contributed by atoms with Crippen LogP contribution in [0.5, 0.6) is 5.75 Å². The molecular formula is C28H23Cl2CsF2N6O5. The van der Waals surface area contributed by atoms with Gasteiger partial charge in [-0.15, -0.1) is 0 Å². The molecular weight excluding hydrogens is 742 g/mol. The molecule has 1 aliphatic heterocycles. The molecule has 0 atom stereocenters. The van der Waals surface area contributed by atoms with E-state index in [0.717, 1.165) is 15.8 Å². The number of amides is 3. The van der Waals surface area contributed by atoms with E-state index in [0.29, 0.717) is 22.4 Å². The van der Waals surface area contributed by atoms with Gasteiger partial charge in [0.25, 0.3) is 23.3 Å². The number of carbonyl (C=O) groups excluding carboxylic acids is 3. The van der Waals surface area contributed by atoms with Crippen molar-refractivity contribution in [1.29, 1.82) is 0 Å². The summed E-state index contributed by atoms with van der Waals surface area (Å²) < 4.78 is 25.4. The van der Waals surface area contributed by atoms with Crippen molar-refractivity contribution in [1.82, 2.24) is 19.4 Å². The number of fused-ring (bicyclic) bond motifs is 1. The zero-order chi connectivity index (χ0) is 30.6. The Hall–Kier alpha value is -2.83. The molecule has 0 fully saturated rings. The molecule has 3 N–H and O–H groups in total. The SMILES string of the molecule is COc1cc(Cl)c(-n2cnc(N)c(C(=O)Nc3cncc(CN4C(=O)c5ccccc5C4=O)c3)c2=O)c(Cl)c1.FCF.[CH3-].[Cs+]. The van der Waals surface area contributed by atoms with Crippen molar-refractivity contribution in [2.24, 2.45) is 0 Å². The van der Waals surface area contributed by atoms with Gasteiger partial charge in [-0.1, -0.05) is 35.3 Å². The average Bonchev–Trinajstić information content (AvgIpc) is 3.19. The number of imide groups is 1. The second-order valence-electron chi connectivity index (χ2n) is 8.50. The summed E-state index contributed by atoms with van der Waals surface area (Å²) >= 11 is 12.6. The minimum Gasteiger partial charge on any atom is -0.497 e. The zero-order valence-electron chi connectivity index (χ0n) is 23.6. The monoisotopic (exact) mass is 764 g/mol. The molecule has 2 aromatic heterocycles. The summed E-state index contributed by atoms with van der Waals surface area (Å²) in [6.07, 6.45) is 3.91. The van der Waals surface area contributed by atoms with Gasteiger partial charge in [0.2, 0.25) is 6.93 Å². The predicted molar refractivity (Wildman–Crippen MR) is 157 cm³/mol. The van der Waals surface area contributed by atoms with Crippen LogP contribution in [-0.4, -0.2) is 51.2 Å². The number of nitrogens with one attached hydrogen (secondary N) is 1. The van der Waals surface area contributed by atoms with Crippen molar-refractivity contribution in [3.8, 4) is 11.4 Å². The Bertz CT molecular complexity index is 1720. The molecule has 0 spiro atoms. The molecule has 2 aromatic carbocycles. The maximum Gasteiger partial charge on any atom is 1.00 e. The molecule has 0 radical (unpaired) electrons. The molecule has 0 saturated heterocycles. The number of nitrogens with two attached hydrogens (primary N) is 1. The molecule has 16 heteroatoms. The van der Waals surface area contributed by atoms with Gasteiger partial charge in [0.15, 0.2) is 0 Å². The van der Waals surface area contributed by atoms with Crippen molar-refractivity contribution in [2.45, 2.75) is 6.54 Å². The first-order chi connectivity index (χ1) is 20.1. The minimum atomic E-state index is -1.75. The predicted octanol–water partition coefficient (Wildman–Crippen LogP) is 1.91. The van der Waals surface area contributed by atoms with Crippen molar-refractivity contribution in [3.05, 3.63) is 111 Å². The van der Waals surface area contributed by atoms with E-state index >= 15 is 0 Å². The number of benzene rings is 2. The van der Waals surface area contributed by atoms with Gasteiger partial charge in [0.05, 0.1) is 52.4 Å². The van der Waals surface area contributed by atoms with Crippen LogP contribution in [0.25, 0.3) is 5.69 Å². The Balaban J connectivity index is 0.00000130. The topological polar surface area (TPSA) is 150 Å². The number of anilines is 2. The van der Waals surface area contributed by atoms with Crippen molar-refractivity contribution < 1.29 is 96.8 Å². The fourth-order valence-electron chi connectivity index (χ4n) is 4.13. The van der Waals surface area contributed by atoms with Gasteiger partial charge in [-0.25, -0.2) is 13.8 Å². The number of ether oxygens (including phenoxy) is 1. The fraction of sp³-hybridized carbons (Fsp3) is 0.107. The minimum absolute atomic E-state index is 0. The van der Waals surface area contributed by atoms with Crippen molar-refractivity contribution >= 4 is 52.4 Å². The van der Waals surface area contributed by atoms with E-state index in [1.807, 2.05) is 0 Å². The molecule has 0 bridgehead atoms. The molecule has 0 aliphatic carbocycles. The summed E-state index contributed by atoms with van der Waals surface area (Å²) in [7, 11) is 1.44. The van der Waals surface area contributed by atoms with Crippen LogP contribution < -0.4 is 90.2 Å². The average molecular weight is 765 g/mol. The third-order valence-corrected chi connectivity index (χ3v) is 6.54. The normalized spacial score (nSPS) is 11.4. The number of nitrogens with zero attached hydrogens (tertiary/aromatic N) is 4. The van der Waals surface area contributed by atoms with Crippen LogP contribution in [0.1, 0.15) is 36.6 Å². The summed E-state index contributed by atoms with van der Waals surface area (Å²) in [6, 6.07) is 11.0. The van der Waals surface area contributed by atoms with Crippen LogP contribution in [0.3, 0.4) is 0 Å². The maximum atomic E-state index is 13.3. The van der Waals surface area contributed by atoms with Crippen LogP contribution in [-0.2, 0) is 6.54 Å². The first kappa shape index (κ1) is 37.4. The summed E-state index contributed by atoms with van der Waals surface area (Å²) in [5, 5.41) is 2.74. The molecule has 11 nitrogen and oxygen atoms in total. The van der Waals surface area contributed by atoms with Crippen molar-refractivity contribution in [2.75, 3.05) is 25.1 Å². The van der Waals surface area contributed by atoms with Crippen LogP contribution in [0.2, 0.25) is 10.0 Å². The molecule has 224 valence electrons. The van der Waals surface area contributed by atoms with Gasteiger partial charge in [0.1, 0.15) is 23.5 Å². The molecule has 5 rings (SSSR count). The van der Waals surface area contributed by atoms with E-state index in [9.17, 15) is 28.0 Å². The quantitative estimate of drug-likeness (QED) is 0.224. The Morgan fingerprint density at radius 3 is 2.14 bits per heavy atom. The zero-order valence-corrected chi connectivity index (χ0v) is 31.4. The van der Waals surface area contributed by atoms with E-state index in [1.165, 1.54) is 37.7 Å². The number of halogens is 4. The molecule has 0 unspecified atom stereocenters. The van der Waals surface area contributed by atoms with Crippen LogP contribution in [0, 0.1) is 7.43 Å². The Morgan fingerprint density at radius 1 is 1.02 bits per heavy atom. The Labute approximate surface area is 319 Å². The third kappa shape index (κ3) is 7.87. The smallest absolute Gasteiger partial charge is 0.497 e. The number of rotatable bonds is 6. The molecule has 1 aliphatic rings. The van der Waals surface area contributed by atoms with Gasteiger partial charge in [0, 0.05) is 18.3 Å². The fourth-order valence-corrected chi connectivity index (χ4v) is 4.78. The van der Waals surface area contributed by atoms with E-state index in [2.05, 4.69) is 15.3 Å². The molecule has 44 heavy (non-hydrogen) atoms. The number of pyridine rings is 1. The number of aromatic nitrogens is 3. The molecule has 4 aromatic rings. The Kier molecular flexibility index (Phi) is 14.0. The van der Waals surface area contributed by atoms with Gasteiger partial charge in [-0.2, -0.15) is 0 Å². The maximum absolute atomic E-state index is 13.3. The molecule has 3 amide bonds. The van der Waals surface area contributed by atoms with Crippen LogP contribution in [0.4, 0.5) is 20.3 Å². The third-order valence-electron chi connectivity index (χ3n) is 5.97. The van der Waals surface area contributed by atoms with E-state index in [-0.39, 0.29) is 110 Å².